The summed E-state index contributed by atoms with van der Waals surface area (Å²) in [5.74, 6) is 1.69. The lowest BCUT2D eigenvalue weighted by Gasteiger charge is -2.34. The van der Waals surface area contributed by atoms with Gasteiger partial charge in [0.05, 0.1) is 0 Å². The van der Waals surface area contributed by atoms with E-state index in [1.807, 2.05) is 14.1 Å². The summed E-state index contributed by atoms with van der Waals surface area (Å²) in [6.07, 6.45) is 5.37. The number of aliphatic imine (C=N–C) groups is 2. The number of anilines is 2. The predicted octanol–water partition coefficient (Wildman–Crippen LogP) is 3.40. The van der Waals surface area contributed by atoms with Gasteiger partial charge in [-0.2, -0.15) is 4.99 Å². The molecule has 12 heteroatoms. The number of aromatic nitrogens is 3. The molecule has 1 unspecified atom stereocenters. The van der Waals surface area contributed by atoms with Crippen LogP contribution in [-0.4, -0.2) is 89.8 Å². The second kappa shape index (κ2) is 12.3. The minimum absolute atomic E-state index is 0.00172. The topological polar surface area (TPSA) is 114 Å². The Balaban J connectivity index is 1.81. The van der Waals surface area contributed by atoms with Crippen molar-refractivity contribution in [2.45, 2.75) is 26.7 Å². The number of likely N-dealkylation sites (N-methyl/N-ethyl adjacent to an activating group) is 1. The van der Waals surface area contributed by atoms with Gasteiger partial charge in [-0.3, -0.25) is 4.79 Å². The van der Waals surface area contributed by atoms with Crippen LogP contribution in [0.1, 0.15) is 37.2 Å². The zero-order valence-electron chi connectivity index (χ0n) is 22.6. The van der Waals surface area contributed by atoms with Crippen molar-refractivity contribution >= 4 is 46.8 Å². The van der Waals surface area contributed by atoms with Crippen molar-refractivity contribution in [1.29, 1.82) is 0 Å². The van der Waals surface area contributed by atoms with Gasteiger partial charge in [-0.15, -0.1) is 0 Å². The highest BCUT2D eigenvalue weighted by atomic mass is 35.5. The van der Waals surface area contributed by atoms with Crippen molar-refractivity contribution in [2.24, 2.45) is 15.9 Å². The molecule has 4 rings (SSSR count). The van der Waals surface area contributed by atoms with Gasteiger partial charge in [0.15, 0.2) is 22.5 Å². The van der Waals surface area contributed by atoms with E-state index in [4.69, 9.17) is 21.6 Å². The SMILES string of the molecule is CCC1=CC(CC)C(=Nc2nc(N(C)C)c(Cl)nc2C(=O)Nc2ccccn2)N=C(N2CCN(C)CC2)N1. The van der Waals surface area contributed by atoms with E-state index < -0.39 is 5.91 Å². The van der Waals surface area contributed by atoms with Gasteiger partial charge in [-0.1, -0.05) is 37.6 Å². The first-order chi connectivity index (χ1) is 18.3. The Hall–Kier alpha value is -3.57. The highest BCUT2D eigenvalue weighted by Gasteiger charge is 2.26. The van der Waals surface area contributed by atoms with E-state index in [1.165, 1.54) is 0 Å². The number of piperazine rings is 1. The summed E-state index contributed by atoms with van der Waals surface area (Å²) in [7, 11) is 5.74. The van der Waals surface area contributed by atoms with Crippen LogP contribution < -0.4 is 15.5 Å². The largest absolute Gasteiger partial charge is 0.360 e. The summed E-state index contributed by atoms with van der Waals surface area (Å²) in [5.41, 5.74) is 1.09. The summed E-state index contributed by atoms with van der Waals surface area (Å²) in [5, 5.41) is 6.39. The molecule has 0 spiro atoms. The molecule has 4 heterocycles. The second-order valence-electron chi connectivity index (χ2n) is 9.45. The Kier molecular flexibility index (Phi) is 8.90. The Morgan fingerprint density at radius 2 is 1.97 bits per heavy atom. The maximum absolute atomic E-state index is 13.3. The minimum atomic E-state index is -0.504. The second-order valence-corrected chi connectivity index (χ2v) is 9.81. The number of hydrogen-bond donors (Lipinski definition) is 2. The first kappa shape index (κ1) is 27.5. The molecule has 2 aromatic heterocycles. The van der Waals surface area contributed by atoms with Gasteiger partial charge in [0.2, 0.25) is 5.96 Å². The molecule has 0 saturated carbocycles. The van der Waals surface area contributed by atoms with E-state index in [9.17, 15) is 4.79 Å². The number of allylic oxidation sites excluding steroid dienone is 1. The van der Waals surface area contributed by atoms with Gasteiger partial charge in [0.1, 0.15) is 11.7 Å². The van der Waals surface area contributed by atoms with Gasteiger partial charge < -0.3 is 25.3 Å². The van der Waals surface area contributed by atoms with Crippen LogP contribution in [0.15, 0.2) is 46.2 Å². The average Bonchev–Trinajstić information content (AvgIpc) is 3.09. The summed E-state index contributed by atoms with van der Waals surface area (Å²) in [6, 6.07) is 5.25. The quantitative estimate of drug-likeness (QED) is 0.575. The van der Waals surface area contributed by atoms with Crippen LogP contribution in [0.25, 0.3) is 0 Å². The number of halogens is 1. The average molecular weight is 539 g/mol. The molecule has 2 aliphatic heterocycles. The molecular weight excluding hydrogens is 504 g/mol. The van der Waals surface area contributed by atoms with Crippen LogP contribution >= 0.6 is 11.6 Å². The first-order valence-electron chi connectivity index (χ1n) is 12.8. The first-order valence-corrected chi connectivity index (χ1v) is 13.2. The Morgan fingerprint density at radius 1 is 1.21 bits per heavy atom. The molecule has 0 radical (unpaired) electrons. The van der Waals surface area contributed by atoms with Crippen LogP contribution in [0.4, 0.5) is 17.5 Å². The maximum atomic E-state index is 13.3. The van der Waals surface area contributed by atoms with E-state index in [0.29, 0.717) is 17.5 Å². The molecule has 0 bridgehead atoms. The number of pyridine rings is 1. The van der Waals surface area contributed by atoms with Crippen molar-refractivity contribution in [1.82, 2.24) is 30.1 Å². The number of carbonyl (C=O) groups is 1. The molecule has 0 aromatic carbocycles. The third-order valence-electron chi connectivity index (χ3n) is 6.43. The number of nitrogens with zero attached hydrogens (tertiary/aromatic N) is 8. The Labute approximate surface area is 228 Å². The lowest BCUT2D eigenvalue weighted by molar-refractivity contribution is 0.102. The fraction of sp³-hybridized carbons (Fsp3) is 0.462. The number of amidine groups is 1. The van der Waals surface area contributed by atoms with Gasteiger partial charge in [-0.05, 0) is 32.0 Å². The van der Waals surface area contributed by atoms with E-state index in [2.05, 4.69) is 62.4 Å². The number of carbonyl (C=O) groups excluding carboxylic acids is 1. The Bertz CT molecular complexity index is 1240. The lowest BCUT2D eigenvalue weighted by atomic mass is 10.0. The fourth-order valence-electron chi connectivity index (χ4n) is 4.14. The summed E-state index contributed by atoms with van der Waals surface area (Å²) in [4.78, 5) is 42.7. The predicted molar refractivity (Wildman–Crippen MR) is 152 cm³/mol. The van der Waals surface area contributed by atoms with E-state index in [1.54, 1.807) is 29.3 Å². The zero-order chi connectivity index (χ0) is 27.2. The van der Waals surface area contributed by atoms with Crippen LogP contribution in [-0.2, 0) is 0 Å². The molecule has 2 aliphatic rings. The van der Waals surface area contributed by atoms with E-state index in [0.717, 1.165) is 50.7 Å². The number of hydrogen-bond acceptors (Lipinski definition) is 9. The molecule has 1 atom stereocenters. The molecule has 1 fully saturated rings. The van der Waals surface area contributed by atoms with Crippen LogP contribution in [0.3, 0.4) is 0 Å². The van der Waals surface area contributed by atoms with Crippen molar-refractivity contribution in [3.8, 4) is 0 Å². The molecule has 202 valence electrons. The van der Waals surface area contributed by atoms with E-state index >= 15 is 0 Å². The van der Waals surface area contributed by atoms with Crippen LogP contribution in [0.2, 0.25) is 5.15 Å². The highest BCUT2D eigenvalue weighted by Crippen LogP contribution is 2.28. The minimum Gasteiger partial charge on any atom is -0.360 e. The maximum Gasteiger partial charge on any atom is 0.279 e. The molecule has 38 heavy (non-hydrogen) atoms. The number of rotatable bonds is 6. The Morgan fingerprint density at radius 3 is 2.61 bits per heavy atom. The normalized spacial score (nSPS) is 19.4. The lowest BCUT2D eigenvalue weighted by Crippen LogP contribution is -2.51. The van der Waals surface area contributed by atoms with Gasteiger partial charge in [0, 0.05) is 58.1 Å². The standard InChI is InChI=1S/C26H35ClN10O/c1-6-17-16-18(7-2)29-26(37-14-12-36(5)13-15-37)34-22(17)32-23-20(31-21(27)24(33-23)35(3)4)25(38)30-19-10-8-9-11-28-19/h8-11,16-17H,6-7,12-15H2,1-5H3,(H,28,30,38)(H,29,32,33,34). The summed E-state index contributed by atoms with van der Waals surface area (Å²) < 4.78 is 0. The summed E-state index contributed by atoms with van der Waals surface area (Å²) in [6.45, 7) is 7.81. The van der Waals surface area contributed by atoms with Gasteiger partial charge in [-0.25, -0.2) is 19.9 Å². The van der Waals surface area contributed by atoms with E-state index in [-0.39, 0.29) is 22.6 Å². The molecule has 0 aliphatic carbocycles. The molecule has 2 N–H and O–H groups in total. The number of nitrogens with one attached hydrogen (secondary N) is 2. The fourth-order valence-corrected chi connectivity index (χ4v) is 4.43. The van der Waals surface area contributed by atoms with Gasteiger partial charge in [0.25, 0.3) is 5.91 Å². The zero-order valence-corrected chi connectivity index (χ0v) is 23.3. The number of guanidine groups is 1. The smallest absolute Gasteiger partial charge is 0.279 e. The molecule has 1 saturated heterocycles. The number of amides is 1. The highest BCUT2D eigenvalue weighted by molar-refractivity contribution is 6.32. The van der Waals surface area contributed by atoms with Crippen molar-refractivity contribution < 1.29 is 4.79 Å². The van der Waals surface area contributed by atoms with Gasteiger partial charge >= 0.3 is 0 Å². The third kappa shape index (κ3) is 6.46. The van der Waals surface area contributed by atoms with Crippen molar-refractivity contribution in [3.05, 3.63) is 47.0 Å². The van der Waals surface area contributed by atoms with Crippen LogP contribution in [0.5, 0.6) is 0 Å². The third-order valence-corrected chi connectivity index (χ3v) is 6.69. The van der Waals surface area contributed by atoms with Crippen LogP contribution in [0, 0.1) is 5.92 Å². The van der Waals surface area contributed by atoms with Crippen molar-refractivity contribution in [3.63, 3.8) is 0 Å². The monoisotopic (exact) mass is 538 g/mol. The van der Waals surface area contributed by atoms with Crippen molar-refractivity contribution in [2.75, 3.05) is 57.5 Å². The summed E-state index contributed by atoms with van der Waals surface area (Å²) >= 11 is 6.43. The molecule has 2 aromatic rings. The molecular formula is C26H35ClN10O. The molecule has 11 nitrogen and oxygen atoms in total. The molecule has 1 amide bonds.